The molecule has 0 spiro atoms. The summed E-state index contributed by atoms with van der Waals surface area (Å²) in [7, 11) is 1.74. The number of methoxy groups -OCH3 is 1. The lowest BCUT2D eigenvalue weighted by Gasteiger charge is -2.17. The van der Waals surface area contributed by atoms with Crippen molar-refractivity contribution in [2.75, 3.05) is 20.2 Å². The van der Waals surface area contributed by atoms with Crippen LogP contribution in [0.15, 0.2) is 17.5 Å². The van der Waals surface area contributed by atoms with Crippen molar-refractivity contribution in [2.24, 2.45) is 0 Å². The van der Waals surface area contributed by atoms with Gasteiger partial charge in [-0.2, -0.15) is 0 Å². The fourth-order valence-corrected chi connectivity index (χ4v) is 2.02. The Morgan fingerprint density at radius 1 is 1.38 bits per heavy atom. The van der Waals surface area contributed by atoms with Gasteiger partial charge in [0.1, 0.15) is 0 Å². The first kappa shape index (κ1) is 13.6. The molecule has 0 bridgehead atoms. The molecule has 1 aromatic rings. The van der Waals surface area contributed by atoms with Crippen LogP contribution in [0.5, 0.6) is 0 Å². The van der Waals surface area contributed by atoms with Gasteiger partial charge in [0, 0.05) is 37.7 Å². The number of thiophene rings is 1. The number of rotatable bonds is 8. The Hall–Kier alpha value is -0.420. The zero-order chi connectivity index (χ0) is 11.8. The summed E-state index contributed by atoms with van der Waals surface area (Å²) in [5, 5.41) is 8.98. The van der Waals surface area contributed by atoms with Gasteiger partial charge in [-0.25, -0.2) is 0 Å². The maximum atomic E-state index is 5.18. The van der Waals surface area contributed by atoms with E-state index in [0.717, 1.165) is 19.6 Å². The third-order valence-electron chi connectivity index (χ3n) is 2.49. The second-order valence-electron chi connectivity index (χ2n) is 4.07. The lowest BCUT2D eigenvalue weighted by atomic mass is 10.3. The number of ether oxygens (including phenoxy) is 1. The summed E-state index contributed by atoms with van der Waals surface area (Å²) in [6.45, 7) is 7.10. The van der Waals surface area contributed by atoms with Crippen LogP contribution in [0.3, 0.4) is 0 Å². The summed E-state index contributed by atoms with van der Waals surface area (Å²) in [6, 6.07) is 4.71. The van der Waals surface area contributed by atoms with Crippen molar-refractivity contribution in [3.63, 3.8) is 0 Å². The second kappa shape index (κ2) is 7.79. The molecular formula is C12H22N2OS. The molecule has 0 amide bonds. The molecule has 0 saturated heterocycles. The molecule has 2 unspecified atom stereocenters. The largest absolute Gasteiger partial charge is 0.380 e. The highest BCUT2D eigenvalue weighted by molar-refractivity contribution is 7.09. The van der Waals surface area contributed by atoms with E-state index >= 15 is 0 Å². The molecule has 0 aliphatic heterocycles. The monoisotopic (exact) mass is 242 g/mol. The average Bonchev–Trinajstić information content (AvgIpc) is 2.79. The topological polar surface area (TPSA) is 33.3 Å². The molecule has 92 valence electrons. The van der Waals surface area contributed by atoms with Crippen LogP contribution >= 0.6 is 11.3 Å². The van der Waals surface area contributed by atoms with E-state index < -0.39 is 0 Å². The Bertz CT molecular complexity index is 264. The summed E-state index contributed by atoms with van der Waals surface area (Å²) < 4.78 is 5.18. The molecule has 1 heterocycles. The minimum absolute atomic E-state index is 0.278. The van der Waals surface area contributed by atoms with Crippen LogP contribution in [-0.2, 0) is 11.3 Å². The molecule has 0 saturated carbocycles. The van der Waals surface area contributed by atoms with Crippen molar-refractivity contribution >= 4 is 11.3 Å². The summed E-state index contributed by atoms with van der Waals surface area (Å²) in [5.74, 6) is 0. The van der Waals surface area contributed by atoms with Gasteiger partial charge in [0.2, 0.25) is 0 Å². The minimum Gasteiger partial charge on any atom is -0.380 e. The van der Waals surface area contributed by atoms with E-state index in [4.69, 9.17) is 4.74 Å². The number of hydrogen-bond donors (Lipinski definition) is 2. The van der Waals surface area contributed by atoms with Gasteiger partial charge in [0.15, 0.2) is 0 Å². The third kappa shape index (κ3) is 5.61. The van der Waals surface area contributed by atoms with Gasteiger partial charge in [-0.15, -0.1) is 11.3 Å². The normalized spacial score (nSPS) is 14.9. The van der Waals surface area contributed by atoms with Crippen LogP contribution in [0.1, 0.15) is 18.7 Å². The lowest BCUT2D eigenvalue weighted by molar-refractivity contribution is 0.115. The molecule has 0 aliphatic carbocycles. The molecule has 0 aromatic carbocycles. The molecule has 0 aliphatic rings. The van der Waals surface area contributed by atoms with Crippen LogP contribution in [0, 0.1) is 0 Å². The SMILES string of the molecule is COC(C)CNC(C)CNCc1cccs1. The Morgan fingerprint density at radius 2 is 2.19 bits per heavy atom. The van der Waals surface area contributed by atoms with Gasteiger partial charge >= 0.3 is 0 Å². The van der Waals surface area contributed by atoms with Crippen LogP contribution < -0.4 is 10.6 Å². The Labute approximate surface area is 102 Å². The molecule has 0 fully saturated rings. The highest BCUT2D eigenvalue weighted by atomic mass is 32.1. The third-order valence-corrected chi connectivity index (χ3v) is 3.36. The molecule has 1 aromatic heterocycles. The van der Waals surface area contributed by atoms with Gasteiger partial charge in [0.25, 0.3) is 0 Å². The van der Waals surface area contributed by atoms with Crippen molar-refractivity contribution in [3.05, 3.63) is 22.4 Å². The second-order valence-corrected chi connectivity index (χ2v) is 5.10. The lowest BCUT2D eigenvalue weighted by Crippen LogP contribution is -2.39. The van der Waals surface area contributed by atoms with Gasteiger partial charge in [-0.3, -0.25) is 0 Å². The van der Waals surface area contributed by atoms with Crippen LogP contribution in [-0.4, -0.2) is 32.3 Å². The zero-order valence-corrected chi connectivity index (χ0v) is 11.1. The quantitative estimate of drug-likeness (QED) is 0.730. The van der Waals surface area contributed by atoms with E-state index in [9.17, 15) is 0 Å². The van der Waals surface area contributed by atoms with E-state index in [1.165, 1.54) is 4.88 Å². The minimum atomic E-state index is 0.278. The van der Waals surface area contributed by atoms with Crippen LogP contribution in [0.2, 0.25) is 0 Å². The fraction of sp³-hybridized carbons (Fsp3) is 0.667. The number of hydrogen-bond acceptors (Lipinski definition) is 4. The Kier molecular flexibility index (Phi) is 6.64. The van der Waals surface area contributed by atoms with Crippen LogP contribution in [0.4, 0.5) is 0 Å². The van der Waals surface area contributed by atoms with E-state index in [1.54, 1.807) is 18.4 Å². The van der Waals surface area contributed by atoms with E-state index in [1.807, 2.05) is 0 Å². The van der Waals surface area contributed by atoms with E-state index in [0.29, 0.717) is 6.04 Å². The summed E-state index contributed by atoms with van der Waals surface area (Å²) in [4.78, 5) is 1.39. The molecular weight excluding hydrogens is 220 g/mol. The van der Waals surface area contributed by atoms with Gasteiger partial charge in [0.05, 0.1) is 6.10 Å². The van der Waals surface area contributed by atoms with Crippen LogP contribution in [0.25, 0.3) is 0 Å². The maximum Gasteiger partial charge on any atom is 0.0667 e. The van der Waals surface area contributed by atoms with Gasteiger partial charge in [-0.05, 0) is 25.3 Å². The molecule has 0 radical (unpaired) electrons. The molecule has 3 nitrogen and oxygen atoms in total. The molecule has 16 heavy (non-hydrogen) atoms. The first-order chi connectivity index (χ1) is 7.72. The Morgan fingerprint density at radius 3 is 2.81 bits per heavy atom. The van der Waals surface area contributed by atoms with E-state index in [-0.39, 0.29) is 6.10 Å². The van der Waals surface area contributed by atoms with E-state index in [2.05, 4.69) is 42.0 Å². The fourth-order valence-electron chi connectivity index (χ4n) is 1.35. The standard InChI is InChI=1S/C12H22N2OS/c1-10(14-8-11(2)15-3)7-13-9-12-5-4-6-16-12/h4-6,10-11,13-14H,7-9H2,1-3H3. The smallest absolute Gasteiger partial charge is 0.0667 e. The molecule has 2 N–H and O–H groups in total. The molecule has 4 heteroatoms. The maximum absolute atomic E-state index is 5.18. The van der Waals surface area contributed by atoms with Crippen molar-refractivity contribution in [1.29, 1.82) is 0 Å². The Balaban J connectivity index is 2.04. The van der Waals surface area contributed by atoms with Crippen molar-refractivity contribution in [3.8, 4) is 0 Å². The summed E-state index contributed by atoms with van der Waals surface area (Å²) >= 11 is 1.79. The zero-order valence-electron chi connectivity index (χ0n) is 10.3. The number of nitrogens with one attached hydrogen (secondary N) is 2. The molecule has 1 rings (SSSR count). The van der Waals surface area contributed by atoms with Crippen molar-refractivity contribution in [2.45, 2.75) is 32.5 Å². The first-order valence-electron chi connectivity index (χ1n) is 5.71. The van der Waals surface area contributed by atoms with Crippen molar-refractivity contribution < 1.29 is 4.74 Å². The predicted octanol–water partition coefficient (Wildman–Crippen LogP) is 1.85. The van der Waals surface area contributed by atoms with Gasteiger partial charge in [-0.1, -0.05) is 6.07 Å². The van der Waals surface area contributed by atoms with Crippen molar-refractivity contribution in [1.82, 2.24) is 10.6 Å². The summed E-state index contributed by atoms with van der Waals surface area (Å²) in [6.07, 6.45) is 0.278. The highest BCUT2D eigenvalue weighted by Crippen LogP contribution is 2.07. The predicted molar refractivity (Wildman–Crippen MR) is 70.0 cm³/mol. The average molecular weight is 242 g/mol. The summed E-state index contributed by atoms with van der Waals surface area (Å²) in [5.41, 5.74) is 0. The first-order valence-corrected chi connectivity index (χ1v) is 6.59. The van der Waals surface area contributed by atoms with Gasteiger partial charge < -0.3 is 15.4 Å². The highest BCUT2D eigenvalue weighted by Gasteiger charge is 2.04. The molecule has 2 atom stereocenters.